The summed E-state index contributed by atoms with van der Waals surface area (Å²) < 4.78 is 6.79. The summed E-state index contributed by atoms with van der Waals surface area (Å²) in [6.45, 7) is 1.78. The van der Waals surface area contributed by atoms with E-state index in [0.29, 0.717) is 18.9 Å². The Hall–Kier alpha value is -2.63. The Morgan fingerprint density at radius 3 is 3.09 bits per heavy atom. The number of para-hydroxylation sites is 1. The molecule has 1 aliphatic rings. The van der Waals surface area contributed by atoms with Gasteiger partial charge in [0.1, 0.15) is 6.54 Å². The number of fused-ring (bicyclic) bond motifs is 1. The molecule has 6 heteroatoms. The van der Waals surface area contributed by atoms with Gasteiger partial charge < -0.3 is 14.0 Å². The zero-order chi connectivity index (χ0) is 14.9. The van der Waals surface area contributed by atoms with Gasteiger partial charge in [-0.3, -0.25) is 4.79 Å². The summed E-state index contributed by atoms with van der Waals surface area (Å²) in [6.07, 6.45) is 4.19. The van der Waals surface area contributed by atoms with Crippen molar-refractivity contribution in [3.63, 3.8) is 0 Å². The fourth-order valence-electron chi connectivity index (χ4n) is 3.08. The van der Waals surface area contributed by atoms with Crippen molar-refractivity contribution in [2.24, 2.45) is 0 Å². The number of aromatic nitrogens is 3. The molecule has 0 saturated carbocycles. The molecule has 1 atom stereocenters. The number of hydrogen-bond acceptors (Lipinski definition) is 4. The molecular weight excluding hydrogens is 280 g/mol. The largest absolute Gasteiger partial charge is 0.343 e. The van der Waals surface area contributed by atoms with Crippen LogP contribution in [0, 0.1) is 0 Å². The van der Waals surface area contributed by atoms with Gasteiger partial charge in [-0.05, 0) is 23.9 Å². The molecule has 4 rings (SSSR count). The summed E-state index contributed by atoms with van der Waals surface area (Å²) in [5.74, 6) is 1.01. The Kier molecular flexibility index (Phi) is 3.14. The average Bonchev–Trinajstić information content (AvgIpc) is 3.28. The standard InChI is InChI=1S/C16H16N4O2/c21-15(10-19-7-5-12-3-1-2-4-14(12)19)20-8-6-13(9-20)16-17-11-22-18-16/h1-5,7,11,13H,6,8-10H2. The van der Waals surface area contributed by atoms with Gasteiger partial charge in [0, 0.05) is 30.7 Å². The van der Waals surface area contributed by atoms with E-state index in [9.17, 15) is 4.79 Å². The Labute approximate surface area is 127 Å². The van der Waals surface area contributed by atoms with Crippen LogP contribution in [-0.4, -0.2) is 38.6 Å². The zero-order valence-electron chi connectivity index (χ0n) is 12.1. The Balaban J connectivity index is 1.47. The minimum absolute atomic E-state index is 0.132. The molecule has 1 unspecified atom stereocenters. The summed E-state index contributed by atoms with van der Waals surface area (Å²) in [5, 5.41) is 5.03. The number of amides is 1. The lowest BCUT2D eigenvalue weighted by Crippen LogP contribution is -2.31. The quantitative estimate of drug-likeness (QED) is 0.742. The van der Waals surface area contributed by atoms with Crippen molar-refractivity contribution >= 4 is 16.8 Å². The molecule has 0 N–H and O–H groups in total. The van der Waals surface area contributed by atoms with Gasteiger partial charge in [-0.1, -0.05) is 23.4 Å². The van der Waals surface area contributed by atoms with E-state index in [4.69, 9.17) is 4.52 Å². The minimum Gasteiger partial charge on any atom is -0.343 e. The Morgan fingerprint density at radius 1 is 1.32 bits per heavy atom. The maximum atomic E-state index is 12.5. The Bertz CT molecular complexity index is 793. The second-order valence-corrected chi connectivity index (χ2v) is 5.62. The second-order valence-electron chi connectivity index (χ2n) is 5.62. The highest BCUT2D eigenvalue weighted by Crippen LogP contribution is 2.25. The van der Waals surface area contributed by atoms with Crippen molar-refractivity contribution in [2.45, 2.75) is 18.9 Å². The van der Waals surface area contributed by atoms with E-state index < -0.39 is 0 Å². The predicted octanol–water partition coefficient (Wildman–Crippen LogP) is 2.04. The van der Waals surface area contributed by atoms with Crippen molar-refractivity contribution < 1.29 is 9.32 Å². The molecule has 2 aromatic heterocycles. The fraction of sp³-hybridized carbons (Fsp3) is 0.312. The average molecular weight is 296 g/mol. The van der Waals surface area contributed by atoms with Crippen LogP contribution in [0.25, 0.3) is 10.9 Å². The second kappa shape index (κ2) is 5.29. The van der Waals surface area contributed by atoms with E-state index in [1.54, 1.807) is 0 Å². The van der Waals surface area contributed by atoms with E-state index in [2.05, 4.69) is 16.2 Å². The van der Waals surface area contributed by atoms with Gasteiger partial charge in [0.05, 0.1) is 0 Å². The lowest BCUT2D eigenvalue weighted by molar-refractivity contribution is -0.130. The molecule has 0 bridgehead atoms. The number of carbonyl (C=O) groups is 1. The van der Waals surface area contributed by atoms with Gasteiger partial charge in [0.15, 0.2) is 5.82 Å². The SMILES string of the molecule is O=C(Cn1ccc2ccccc21)N1CCC(c2ncon2)C1. The fourth-order valence-corrected chi connectivity index (χ4v) is 3.08. The molecule has 3 heterocycles. The molecule has 0 aliphatic carbocycles. The maximum Gasteiger partial charge on any atom is 0.242 e. The van der Waals surface area contributed by atoms with Crippen LogP contribution in [0.3, 0.4) is 0 Å². The predicted molar refractivity (Wildman–Crippen MR) is 80.2 cm³/mol. The van der Waals surface area contributed by atoms with Gasteiger partial charge in [-0.25, -0.2) is 0 Å². The molecular formula is C16H16N4O2. The highest BCUT2D eigenvalue weighted by molar-refractivity contribution is 5.83. The molecule has 112 valence electrons. The number of nitrogens with zero attached hydrogens (tertiary/aromatic N) is 4. The number of benzene rings is 1. The summed E-state index contributed by atoms with van der Waals surface area (Å²) in [4.78, 5) is 18.5. The van der Waals surface area contributed by atoms with Crippen molar-refractivity contribution in [3.05, 3.63) is 48.7 Å². The number of carbonyl (C=O) groups excluding carboxylic acids is 1. The molecule has 1 amide bonds. The number of rotatable bonds is 3. The molecule has 0 spiro atoms. The van der Waals surface area contributed by atoms with Crippen molar-refractivity contribution in [3.8, 4) is 0 Å². The van der Waals surface area contributed by atoms with E-state index in [1.165, 1.54) is 6.39 Å². The summed E-state index contributed by atoms with van der Waals surface area (Å²) in [6, 6.07) is 10.1. The molecule has 1 saturated heterocycles. The van der Waals surface area contributed by atoms with Crippen LogP contribution < -0.4 is 0 Å². The smallest absolute Gasteiger partial charge is 0.242 e. The maximum absolute atomic E-state index is 12.5. The van der Waals surface area contributed by atoms with Crippen molar-refractivity contribution in [2.75, 3.05) is 13.1 Å². The first-order chi connectivity index (χ1) is 10.8. The molecule has 6 nitrogen and oxygen atoms in total. The van der Waals surface area contributed by atoms with Gasteiger partial charge >= 0.3 is 0 Å². The van der Waals surface area contributed by atoms with Crippen LogP contribution >= 0.6 is 0 Å². The summed E-state index contributed by atoms with van der Waals surface area (Å²) in [7, 11) is 0. The molecule has 0 radical (unpaired) electrons. The molecule has 1 fully saturated rings. The van der Waals surface area contributed by atoms with Crippen LogP contribution in [0.4, 0.5) is 0 Å². The summed E-state index contributed by atoms with van der Waals surface area (Å²) >= 11 is 0. The number of hydrogen-bond donors (Lipinski definition) is 0. The van der Waals surface area contributed by atoms with Crippen molar-refractivity contribution in [1.29, 1.82) is 0 Å². The lowest BCUT2D eigenvalue weighted by atomic mass is 10.1. The number of likely N-dealkylation sites (tertiary alicyclic amines) is 1. The van der Waals surface area contributed by atoms with E-state index in [0.717, 1.165) is 23.9 Å². The van der Waals surface area contributed by atoms with Gasteiger partial charge in [0.25, 0.3) is 0 Å². The van der Waals surface area contributed by atoms with Crippen molar-refractivity contribution in [1.82, 2.24) is 19.6 Å². The monoisotopic (exact) mass is 296 g/mol. The Morgan fingerprint density at radius 2 is 2.23 bits per heavy atom. The highest BCUT2D eigenvalue weighted by Gasteiger charge is 2.29. The first kappa shape index (κ1) is 13.1. The zero-order valence-corrected chi connectivity index (χ0v) is 12.1. The first-order valence-electron chi connectivity index (χ1n) is 7.39. The highest BCUT2D eigenvalue weighted by atomic mass is 16.5. The van der Waals surface area contributed by atoms with E-state index in [-0.39, 0.29) is 11.8 Å². The molecule has 22 heavy (non-hydrogen) atoms. The van der Waals surface area contributed by atoms with E-state index in [1.807, 2.05) is 39.9 Å². The minimum atomic E-state index is 0.132. The van der Waals surface area contributed by atoms with E-state index >= 15 is 0 Å². The van der Waals surface area contributed by atoms with Gasteiger partial charge in [0.2, 0.25) is 12.3 Å². The third-order valence-corrected chi connectivity index (χ3v) is 4.27. The van der Waals surface area contributed by atoms with Crippen LogP contribution in [0.15, 0.2) is 47.4 Å². The van der Waals surface area contributed by atoms with Gasteiger partial charge in [-0.15, -0.1) is 0 Å². The molecule has 3 aromatic rings. The lowest BCUT2D eigenvalue weighted by Gasteiger charge is -2.16. The first-order valence-corrected chi connectivity index (χ1v) is 7.39. The van der Waals surface area contributed by atoms with Crippen LogP contribution in [0.1, 0.15) is 18.2 Å². The molecule has 1 aromatic carbocycles. The van der Waals surface area contributed by atoms with Crippen LogP contribution in [0.5, 0.6) is 0 Å². The van der Waals surface area contributed by atoms with Crippen LogP contribution in [-0.2, 0) is 11.3 Å². The molecule has 1 aliphatic heterocycles. The van der Waals surface area contributed by atoms with Crippen LogP contribution in [0.2, 0.25) is 0 Å². The van der Waals surface area contributed by atoms with Gasteiger partial charge in [-0.2, -0.15) is 4.98 Å². The third kappa shape index (κ3) is 2.26. The third-order valence-electron chi connectivity index (χ3n) is 4.27. The topological polar surface area (TPSA) is 64.2 Å². The normalized spacial score (nSPS) is 18.2. The summed E-state index contributed by atoms with van der Waals surface area (Å²) in [5.41, 5.74) is 1.09.